The molecular formula is C17H11FN6O. The van der Waals surface area contributed by atoms with Crippen molar-refractivity contribution in [2.45, 2.75) is 6.54 Å². The Labute approximate surface area is 141 Å². The molecule has 1 aromatic carbocycles. The second-order valence-electron chi connectivity index (χ2n) is 5.49. The van der Waals surface area contributed by atoms with Gasteiger partial charge in [0.2, 0.25) is 0 Å². The number of nitrogen functional groups attached to an aromatic ring is 1. The maximum Gasteiger partial charge on any atom is 0.255 e. The summed E-state index contributed by atoms with van der Waals surface area (Å²) in [4.78, 5) is 16.5. The number of nitrogens with two attached hydrogens (primary N) is 1. The van der Waals surface area contributed by atoms with Crippen LogP contribution in [0.4, 0.5) is 10.2 Å². The molecule has 0 spiro atoms. The molecule has 0 radical (unpaired) electrons. The van der Waals surface area contributed by atoms with Crippen LogP contribution in [0.5, 0.6) is 0 Å². The van der Waals surface area contributed by atoms with Gasteiger partial charge in [-0.1, -0.05) is 6.07 Å². The summed E-state index contributed by atoms with van der Waals surface area (Å²) in [5, 5.41) is 16.1. The van der Waals surface area contributed by atoms with Gasteiger partial charge in [-0.25, -0.2) is 14.1 Å². The smallest absolute Gasteiger partial charge is 0.255 e. The van der Waals surface area contributed by atoms with Gasteiger partial charge < -0.3 is 11.1 Å². The highest BCUT2D eigenvalue weighted by molar-refractivity contribution is 6.01. The van der Waals surface area contributed by atoms with Crippen molar-refractivity contribution in [3.63, 3.8) is 0 Å². The average molecular weight is 334 g/mol. The molecule has 122 valence electrons. The third-order valence-corrected chi connectivity index (χ3v) is 3.96. The Balaban J connectivity index is 2.02. The minimum Gasteiger partial charge on any atom is -0.382 e. The zero-order valence-electron chi connectivity index (χ0n) is 12.8. The Kier molecular flexibility index (Phi) is 3.22. The molecule has 0 saturated carbocycles. The van der Waals surface area contributed by atoms with Gasteiger partial charge in [0.25, 0.3) is 5.91 Å². The summed E-state index contributed by atoms with van der Waals surface area (Å²) in [6, 6.07) is 9.34. The van der Waals surface area contributed by atoms with Crippen LogP contribution in [0.25, 0.3) is 16.9 Å². The third kappa shape index (κ3) is 2.30. The summed E-state index contributed by atoms with van der Waals surface area (Å²) in [6.07, 6.45) is 1.60. The van der Waals surface area contributed by atoms with E-state index in [4.69, 9.17) is 5.73 Å². The predicted molar refractivity (Wildman–Crippen MR) is 87.1 cm³/mol. The summed E-state index contributed by atoms with van der Waals surface area (Å²) in [6.45, 7) is 0.224. The van der Waals surface area contributed by atoms with E-state index >= 15 is 0 Å². The Morgan fingerprint density at radius 1 is 1.32 bits per heavy atom. The first-order chi connectivity index (χ1) is 12.1. The van der Waals surface area contributed by atoms with Crippen molar-refractivity contribution in [3.05, 3.63) is 59.2 Å². The number of amides is 1. The number of benzene rings is 1. The van der Waals surface area contributed by atoms with Gasteiger partial charge in [0.05, 0.1) is 46.4 Å². The Hall–Kier alpha value is -3.73. The fourth-order valence-corrected chi connectivity index (χ4v) is 2.87. The minimum atomic E-state index is -0.560. The highest BCUT2D eigenvalue weighted by Gasteiger charge is 2.27. The molecule has 2 aromatic heterocycles. The van der Waals surface area contributed by atoms with Crippen LogP contribution >= 0.6 is 0 Å². The fraction of sp³-hybridized carbons (Fsp3) is 0.0588. The van der Waals surface area contributed by atoms with Crippen molar-refractivity contribution in [3.8, 4) is 23.0 Å². The number of hydrogen-bond acceptors (Lipinski definition) is 5. The number of nitriles is 1. The number of hydrogen-bond donors (Lipinski definition) is 2. The van der Waals surface area contributed by atoms with E-state index < -0.39 is 5.82 Å². The van der Waals surface area contributed by atoms with E-state index in [-0.39, 0.29) is 35.1 Å². The summed E-state index contributed by atoms with van der Waals surface area (Å²) >= 11 is 0. The SMILES string of the molecule is N#Cc1cccc(F)c1-c1cc(-n2ccc(N)n2)c2c(n1)CNC2=O. The number of carbonyl (C=O) groups is 1. The second kappa shape index (κ2) is 5.42. The zero-order valence-corrected chi connectivity index (χ0v) is 12.8. The van der Waals surface area contributed by atoms with Crippen molar-refractivity contribution in [2.75, 3.05) is 5.73 Å². The Bertz CT molecular complexity index is 1070. The molecule has 3 N–H and O–H groups in total. The minimum absolute atomic E-state index is 0.0912. The van der Waals surface area contributed by atoms with Crippen molar-refractivity contribution in [2.24, 2.45) is 0 Å². The molecule has 3 heterocycles. The van der Waals surface area contributed by atoms with Gasteiger partial charge in [0, 0.05) is 12.3 Å². The van der Waals surface area contributed by atoms with E-state index in [1.165, 1.54) is 28.9 Å². The van der Waals surface area contributed by atoms with Gasteiger partial charge >= 0.3 is 0 Å². The van der Waals surface area contributed by atoms with Crippen LogP contribution in [-0.2, 0) is 6.54 Å². The lowest BCUT2D eigenvalue weighted by Gasteiger charge is -2.11. The highest BCUT2D eigenvalue weighted by Crippen LogP contribution is 2.31. The number of rotatable bonds is 2. The van der Waals surface area contributed by atoms with E-state index in [9.17, 15) is 14.4 Å². The van der Waals surface area contributed by atoms with E-state index in [1.54, 1.807) is 12.3 Å². The number of aromatic nitrogens is 3. The molecule has 4 rings (SSSR count). The fourth-order valence-electron chi connectivity index (χ4n) is 2.87. The number of nitrogens with one attached hydrogen (secondary N) is 1. The largest absolute Gasteiger partial charge is 0.382 e. The molecule has 0 atom stereocenters. The molecular weight excluding hydrogens is 323 g/mol. The van der Waals surface area contributed by atoms with Gasteiger partial charge in [0.1, 0.15) is 11.6 Å². The van der Waals surface area contributed by atoms with Gasteiger partial charge in [-0.3, -0.25) is 4.79 Å². The van der Waals surface area contributed by atoms with Crippen LogP contribution < -0.4 is 11.1 Å². The monoisotopic (exact) mass is 334 g/mol. The molecule has 0 aliphatic carbocycles. The first-order valence-electron chi connectivity index (χ1n) is 7.41. The number of anilines is 1. The number of fused-ring (bicyclic) bond motifs is 1. The number of carbonyl (C=O) groups excluding carboxylic acids is 1. The lowest BCUT2D eigenvalue weighted by Crippen LogP contribution is -2.14. The number of nitrogens with zero attached hydrogens (tertiary/aromatic N) is 4. The number of halogens is 1. The zero-order chi connectivity index (χ0) is 17.6. The lowest BCUT2D eigenvalue weighted by atomic mass is 10.0. The maximum atomic E-state index is 14.4. The molecule has 7 nitrogen and oxygen atoms in total. The van der Waals surface area contributed by atoms with E-state index in [0.717, 1.165) is 0 Å². The van der Waals surface area contributed by atoms with Crippen molar-refractivity contribution in [1.82, 2.24) is 20.1 Å². The van der Waals surface area contributed by atoms with Gasteiger partial charge in [-0.2, -0.15) is 10.4 Å². The van der Waals surface area contributed by atoms with Crippen molar-refractivity contribution >= 4 is 11.7 Å². The molecule has 0 bridgehead atoms. The van der Waals surface area contributed by atoms with Crippen LogP contribution in [0, 0.1) is 17.1 Å². The summed E-state index contributed by atoms with van der Waals surface area (Å²) in [5.74, 6) is -0.559. The summed E-state index contributed by atoms with van der Waals surface area (Å²) in [7, 11) is 0. The van der Waals surface area contributed by atoms with Crippen LogP contribution in [0.2, 0.25) is 0 Å². The molecule has 1 aliphatic rings. The van der Waals surface area contributed by atoms with Crippen LogP contribution in [-0.4, -0.2) is 20.7 Å². The number of pyridine rings is 1. The predicted octanol–water partition coefficient (Wildman–Crippen LogP) is 1.77. The first-order valence-corrected chi connectivity index (χ1v) is 7.41. The molecule has 1 amide bonds. The molecule has 25 heavy (non-hydrogen) atoms. The summed E-state index contributed by atoms with van der Waals surface area (Å²) in [5.41, 5.74) is 7.44. The normalized spacial score (nSPS) is 12.6. The van der Waals surface area contributed by atoms with Gasteiger partial charge in [0.15, 0.2) is 0 Å². The van der Waals surface area contributed by atoms with E-state index in [1.807, 2.05) is 6.07 Å². The average Bonchev–Trinajstić information content (AvgIpc) is 3.20. The molecule has 0 unspecified atom stereocenters. The quantitative estimate of drug-likeness (QED) is 0.742. The van der Waals surface area contributed by atoms with Crippen molar-refractivity contribution < 1.29 is 9.18 Å². The molecule has 8 heteroatoms. The standard InChI is InChI=1S/C17H11FN6O/c18-10-3-1-2-9(7-19)15(10)11-6-13(24-5-4-14(20)23-24)16-12(22-11)8-21-17(16)25/h1-6H,8H2,(H2,20,23)(H,21,25). The Morgan fingerprint density at radius 3 is 2.88 bits per heavy atom. The first kappa shape index (κ1) is 14.8. The van der Waals surface area contributed by atoms with E-state index in [2.05, 4.69) is 15.4 Å². The van der Waals surface area contributed by atoms with Crippen LogP contribution in [0.1, 0.15) is 21.6 Å². The van der Waals surface area contributed by atoms with Gasteiger partial charge in [-0.15, -0.1) is 0 Å². The maximum absolute atomic E-state index is 14.4. The third-order valence-electron chi connectivity index (χ3n) is 3.96. The van der Waals surface area contributed by atoms with Crippen molar-refractivity contribution in [1.29, 1.82) is 5.26 Å². The van der Waals surface area contributed by atoms with Gasteiger partial charge in [-0.05, 0) is 18.2 Å². The van der Waals surface area contributed by atoms with Crippen LogP contribution in [0.3, 0.4) is 0 Å². The lowest BCUT2D eigenvalue weighted by molar-refractivity contribution is 0.0965. The Morgan fingerprint density at radius 2 is 2.16 bits per heavy atom. The van der Waals surface area contributed by atoms with Crippen LogP contribution in [0.15, 0.2) is 36.5 Å². The second-order valence-corrected chi connectivity index (χ2v) is 5.49. The molecule has 3 aromatic rings. The molecule has 1 aliphatic heterocycles. The van der Waals surface area contributed by atoms with E-state index in [0.29, 0.717) is 16.9 Å². The summed E-state index contributed by atoms with van der Waals surface area (Å²) < 4.78 is 15.8. The highest BCUT2D eigenvalue weighted by atomic mass is 19.1. The topological polar surface area (TPSA) is 110 Å². The molecule has 0 saturated heterocycles. The molecule has 0 fully saturated rings.